The molecule has 0 bridgehead atoms. The predicted octanol–water partition coefficient (Wildman–Crippen LogP) is 5.01. The number of halogens is 1. The number of ether oxygens (including phenoxy) is 1. The SMILES string of the molecule is Cc1cc2ncn(C[C@H](O)COc3ccc4ccccc4c3Br)c2cc1C. The summed E-state index contributed by atoms with van der Waals surface area (Å²) in [5.41, 5.74) is 4.42. The Morgan fingerprint density at radius 1 is 1.11 bits per heavy atom. The zero-order valence-corrected chi connectivity index (χ0v) is 16.9. The van der Waals surface area contributed by atoms with Crippen LogP contribution in [0.2, 0.25) is 0 Å². The Hall–Kier alpha value is -2.37. The fourth-order valence-corrected chi connectivity index (χ4v) is 3.86. The van der Waals surface area contributed by atoms with Gasteiger partial charge in [0.2, 0.25) is 0 Å². The highest BCUT2D eigenvalue weighted by molar-refractivity contribution is 9.10. The van der Waals surface area contributed by atoms with E-state index < -0.39 is 6.10 Å². The van der Waals surface area contributed by atoms with Gasteiger partial charge in [0.25, 0.3) is 0 Å². The van der Waals surface area contributed by atoms with Crippen LogP contribution in [-0.2, 0) is 6.54 Å². The summed E-state index contributed by atoms with van der Waals surface area (Å²) in [6.45, 7) is 4.81. The van der Waals surface area contributed by atoms with Gasteiger partial charge in [-0.1, -0.05) is 30.3 Å². The summed E-state index contributed by atoms with van der Waals surface area (Å²) in [6, 6.07) is 16.3. The minimum atomic E-state index is -0.637. The van der Waals surface area contributed by atoms with Crippen LogP contribution >= 0.6 is 15.9 Å². The zero-order valence-electron chi connectivity index (χ0n) is 15.3. The molecular formula is C22H21BrN2O2. The van der Waals surface area contributed by atoms with Gasteiger partial charge in [0.1, 0.15) is 18.5 Å². The van der Waals surface area contributed by atoms with Crippen LogP contribution in [0.25, 0.3) is 21.8 Å². The van der Waals surface area contributed by atoms with Crippen LogP contribution in [0.3, 0.4) is 0 Å². The smallest absolute Gasteiger partial charge is 0.134 e. The maximum atomic E-state index is 10.5. The molecule has 3 aromatic carbocycles. The molecule has 0 spiro atoms. The molecule has 4 nitrogen and oxygen atoms in total. The lowest BCUT2D eigenvalue weighted by Crippen LogP contribution is -2.23. The van der Waals surface area contributed by atoms with Crippen LogP contribution in [0, 0.1) is 13.8 Å². The normalized spacial score (nSPS) is 12.6. The maximum absolute atomic E-state index is 10.5. The van der Waals surface area contributed by atoms with Crippen molar-refractivity contribution in [2.24, 2.45) is 0 Å². The minimum absolute atomic E-state index is 0.210. The number of benzene rings is 3. The third-order valence-electron chi connectivity index (χ3n) is 4.90. The molecule has 1 aromatic heterocycles. The molecule has 0 radical (unpaired) electrons. The van der Waals surface area contributed by atoms with E-state index in [-0.39, 0.29) is 6.61 Å². The summed E-state index contributed by atoms with van der Waals surface area (Å²) >= 11 is 3.62. The fourth-order valence-electron chi connectivity index (χ4n) is 3.25. The van der Waals surface area contributed by atoms with Gasteiger partial charge < -0.3 is 14.4 Å². The second kappa shape index (κ2) is 7.33. The summed E-state index contributed by atoms with van der Waals surface area (Å²) in [6.07, 6.45) is 1.14. The van der Waals surface area contributed by atoms with E-state index in [1.807, 2.05) is 34.9 Å². The Labute approximate surface area is 166 Å². The molecule has 138 valence electrons. The highest BCUT2D eigenvalue weighted by Gasteiger charge is 2.12. The van der Waals surface area contributed by atoms with Crippen LogP contribution in [-0.4, -0.2) is 27.4 Å². The number of hydrogen-bond acceptors (Lipinski definition) is 3. The van der Waals surface area contributed by atoms with Crippen molar-refractivity contribution in [1.29, 1.82) is 0 Å². The van der Waals surface area contributed by atoms with Crippen LogP contribution in [0.4, 0.5) is 0 Å². The lowest BCUT2D eigenvalue weighted by atomic mass is 10.1. The topological polar surface area (TPSA) is 47.3 Å². The molecule has 0 saturated carbocycles. The van der Waals surface area contributed by atoms with Gasteiger partial charge in [-0.05, 0) is 69.9 Å². The van der Waals surface area contributed by atoms with Gasteiger partial charge in [-0.3, -0.25) is 0 Å². The summed E-state index contributed by atoms with van der Waals surface area (Å²) in [5.74, 6) is 0.731. The van der Waals surface area contributed by atoms with Crippen molar-refractivity contribution in [3.63, 3.8) is 0 Å². The van der Waals surface area contributed by atoms with E-state index >= 15 is 0 Å². The number of hydrogen-bond donors (Lipinski definition) is 1. The van der Waals surface area contributed by atoms with Gasteiger partial charge in [-0.25, -0.2) is 4.98 Å². The Morgan fingerprint density at radius 2 is 1.89 bits per heavy atom. The number of imidazole rings is 1. The first-order valence-electron chi connectivity index (χ1n) is 8.93. The van der Waals surface area contributed by atoms with Crippen molar-refractivity contribution in [2.75, 3.05) is 6.61 Å². The molecule has 1 N–H and O–H groups in total. The average Bonchev–Trinajstić information content (AvgIpc) is 3.03. The monoisotopic (exact) mass is 424 g/mol. The van der Waals surface area contributed by atoms with E-state index in [9.17, 15) is 5.11 Å². The van der Waals surface area contributed by atoms with Gasteiger partial charge in [-0.2, -0.15) is 0 Å². The van der Waals surface area contributed by atoms with Crippen molar-refractivity contribution < 1.29 is 9.84 Å². The number of aliphatic hydroxyl groups excluding tert-OH is 1. The molecule has 0 aliphatic carbocycles. The second-order valence-corrected chi connectivity index (χ2v) is 7.68. The van der Waals surface area contributed by atoms with Crippen molar-refractivity contribution in [2.45, 2.75) is 26.5 Å². The average molecular weight is 425 g/mol. The summed E-state index contributed by atoms with van der Waals surface area (Å²) < 4.78 is 8.77. The summed E-state index contributed by atoms with van der Waals surface area (Å²) in [5, 5.41) is 12.7. The first-order chi connectivity index (χ1) is 13.0. The summed E-state index contributed by atoms with van der Waals surface area (Å²) in [4.78, 5) is 4.44. The van der Waals surface area contributed by atoms with Gasteiger partial charge in [0, 0.05) is 0 Å². The molecule has 0 saturated heterocycles. The molecule has 4 rings (SSSR count). The molecule has 0 aliphatic heterocycles. The van der Waals surface area contributed by atoms with Gasteiger partial charge >= 0.3 is 0 Å². The van der Waals surface area contributed by atoms with Crippen molar-refractivity contribution in [3.05, 3.63) is 70.5 Å². The van der Waals surface area contributed by atoms with E-state index in [2.05, 4.69) is 53.0 Å². The molecule has 5 heteroatoms. The summed E-state index contributed by atoms with van der Waals surface area (Å²) in [7, 11) is 0. The minimum Gasteiger partial charge on any atom is -0.490 e. The molecule has 1 atom stereocenters. The fraction of sp³-hybridized carbons (Fsp3) is 0.227. The Morgan fingerprint density at radius 3 is 2.74 bits per heavy atom. The van der Waals surface area contributed by atoms with E-state index in [1.165, 1.54) is 11.1 Å². The van der Waals surface area contributed by atoms with E-state index in [0.717, 1.165) is 32.0 Å². The largest absolute Gasteiger partial charge is 0.490 e. The zero-order chi connectivity index (χ0) is 19.0. The van der Waals surface area contributed by atoms with Crippen molar-refractivity contribution in [1.82, 2.24) is 9.55 Å². The number of aromatic nitrogens is 2. The third-order valence-corrected chi connectivity index (χ3v) is 5.72. The van der Waals surface area contributed by atoms with Crippen molar-refractivity contribution >= 4 is 37.7 Å². The molecule has 0 amide bonds. The molecular weight excluding hydrogens is 404 g/mol. The quantitative estimate of drug-likeness (QED) is 0.489. The van der Waals surface area contributed by atoms with Crippen molar-refractivity contribution in [3.8, 4) is 5.75 Å². The van der Waals surface area contributed by atoms with Gasteiger partial charge in [-0.15, -0.1) is 0 Å². The number of aryl methyl sites for hydroxylation is 2. The molecule has 1 heterocycles. The second-order valence-electron chi connectivity index (χ2n) is 6.89. The number of fused-ring (bicyclic) bond motifs is 2. The molecule has 0 aliphatic rings. The highest BCUT2D eigenvalue weighted by Crippen LogP contribution is 2.33. The van der Waals surface area contributed by atoms with E-state index in [0.29, 0.717) is 6.54 Å². The molecule has 0 unspecified atom stereocenters. The highest BCUT2D eigenvalue weighted by atomic mass is 79.9. The van der Waals surface area contributed by atoms with Crippen LogP contribution in [0.1, 0.15) is 11.1 Å². The van der Waals surface area contributed by atoms with E-state index in [1.54, 1.807) is 6.33 Å². The lowest BCUT2D eigenvalue weighted by molar-refractivity contribution is 0.0931. The van der Waals surface area contributed by atoms with Crippen LogP contribution in [0.15, 0.2) is 59.3 Å². The van der Waals surface area contributed by atoms with Crippen LogP contribution < -0.4 is 4.74 Å². The van der Waals surface area contributed by atoms with Gasteiger partial charge in [0.15, 0.2) is 0 Å². The molecule has 27 heavy (non-hydrogen) atoms. The first kappa shape index (κ1) is 18.0. The Kier molecular flexibility index (Phi) is 4.89. The predicted molar refractivity (Wildman–Crippen MR) is 112 cm³/mol. The third kappa shape index (κ3) is 3.57. The first-order valence-corrected chi connectivity index (χ1v) is 9.72. The number of nitrogens with zero attached hydrogens (tertiary/aromatic N) is 2. The van der Waals surface area contributed by atoms with Crippen LogP contribution in [0.5, 0.6) is 5.75 Å². The van der Waals surface area contributed by atoms with E-state index in [4.69, 9.17) is 4.74 Å². The number of aliphatic hydroxyl groups is 1. The standard InChI is InChI=1S/C22H21BrN2O2/c1-14-9-19-20(10-15(14)2)25(13-24-19)11-17(26)12-27-21-8-7-16-5-3-4-6-18(16)22(21)23/h3-10,13,17,26H,11-12H2,1-2H3/t17-/m0/s1. The maximum Gasteiger partial charge on any atom is 0.134 e. The van der Waals surface area contributed by atoms with Gasteiger partial charge in [0.05, 0.1) is 28.4 Å². The molecule has 4 aromatic rings. The Balaban J connectivity index is 1.48. The Bertz CT molecular complexity index is 1120. The molecule has 0 fully saturated rings. The lowest BCUT2D eigenvalue weighted by Gasteiger charge is -2.15. The number of rotatable bonds is 5.